The van der Waals surface area contributed by atoms with Crippen molar-refractivity contribution in [3.63, 3.8) is 0 Å². The number of amides is 1. The fourth-order valence-corrected chi connectivity index (χ4v) is 3.02. The number of benzene rings is 1. The Labute approximate surface area is 145 Å². The van der Waals surface area contributed by atoms with Crippen molar-refractivity contribution < 1.29 is 14.3 Å². The molecule has 0 saturated carbocycles. The molecule has 0 aliphatic rings. The lowest BCUT2D eigenvalue weighted by molar-refractivity contribution is -0.146. The molecule has 7 heteroatoms. The van der Waals surface area contributed by atoms with Gasteiger partial charge in [-0.05, 0) is 32.9 Å². The number of ether oxygens (including phenoxy) is 1. The number of nitrogens with zero attached hydrogens (tertiary/aromatic N) is 2. The molecule has 0 spiro atoms. The van der Waals surface area contributed by atoms with Crippen LogP contribution in [0.25, 0.3) is 0 Å². The number of aromatic nitrogens is 2. The van der Waals surface area contributed by atoms with Gasteiger partial charge in [-0.25, -0.2) is 0 Å². The number of esters is 1. The second-order valence-corrected chi connectivity index (χ2v) is 6.81. The fourth-order valence-electron chi connectivity index (χ4n) is 2.14. The summed E-state index contributed by atoms with van der Waals surface area (Å²) in [6.45, 7) is 5.12. The van der Waals surface area contributed by atoms with Gasteiger partial charge < -0.3 is 10.1 Å². The first-order chi connectivity index (χ1) is 11.4. The smallest absolute Gasteiger partial charge is 0.319 e. The third-order valence-electron chi connectivity index (χ3n) is 3.51. The first-order valence-electron chi connectivity index (χ1n) is 7.57. The van der Waals surface area contributed by atoms with Crippen LogP contribution in [-0.4, -0.2) is 33.5 Å². The molecule has 1 amide bonds. The second-order valence-electron chi connectivity index (χ2n) is 5.40. The van der Waals surface area contributed by atoms with E-state index in [-0.39, 0.29) is 17.8 Å². The molecule has 1 N–H and O–H groups in total. The Bertz CT molecular complexity index is 728. The Morgan fingerprint density at radius 1 is 1.29 bits per heavy atom. The van der Waals surface area contributed by atoms with Crippen LogP contribution in [0.1, 0.15) is 18.3 Å². The molecule has 24 heavy (non-hydrogen) atoms. The van der Waals surface area contributed by atoms with Crippen molar-refractivity contribution in [2.45, 2.75) is 30.9 Å². The van der Waals surface area contributed by atoms with Crippen molar-refractivity contribution in [2.24, 2.45) is 7.05 Å². The van der Waals surface area contributed by atoms with E-state index >= 15 is 0 Å². The molecule has 1 heterocycles. The van der Waals surface area contributed by atoms with Gasteiger partial charge in [0.15, 0.2) is 6.61 Å². The molecule has 1 aromatic heterocycles. The number of thioether (sulfide) groups is 1. The number of aryl methyl sites for hydroxylation is 2. The zero-order chi connectivity index (χ0) is 17.7. The van der Waals surface area contributed by atoms with Gasteiger partial charge in [0.2, 0.25) is 0 Å². The largest absolute Gasteiger partial charge is 0.455 e. The van der Waals surface area contributed by atoms with Crippen LogP contribution in [0.5, 0.6) is 0 Å². The average Bonchev–Trinajstić information content (AvgIpc) is 2.79. The summed E-state index contributed by atoms with van der Waals surface area (Å²) in [5.41, 5.74) is 2.23. The van der Waals surface area contributed by atoms with Gasteiger partial charge in [0.1, 0.15) is 5.25 Å². The van der Waals surface area contributed by atoms with Crippen molar-refractivity contribution in [1.29, 1.82) is 0 Å². The highest BCUT2D eigenvalue weighted by atomic mass is 32.2. The van der Waals surface area contributed by atoms with Crippen molar-refractivity contribution >= 4 is 29.3 Å². The lowest BCUT2D eigenvalue weighted by atomic mass is 10.3. The lowest BCUT2D eigenvalue weighted by Crippen LogP contribution is -2.25. The normalized spacial score (nSPS) is 11.8. The number of carbonyl (C=O) groups excluding carboxylic acids is 2. The minimum absolute atomic E-state index is 0.313. The van der Waals surface area contributed by atoms with Gasteiger partial charge in [0, 0.05) is 11.9 Å². The summed E-state index contributed by atoms with van der Waals surface area (Å²) in [7, 11) is 1.81. The highest BCUT2D eigenvalue weighted by Gasteiger charge is 2.18. The maximum Gasteiger partial charge on any atom is 0.319 e. The molecule has 0 bridgehead atoms. The van der Waals surface area contributed by atoms with Crippen LogP contribution in [0.3, 0.4) is 0 Å². The minimum Gasteiger partial charge on any atom is -0.455 e. The second kappa shape index (κ2) is 8.01. The Hall–Kier alpha value is -2.28. The Balaban J connectivity index is 1.83. The molecule has 2 rings (SSSR count). The third kappa shape index (κ3) is 4.61. The monoisotopic (exact) mass is 347 g/mol. The Morgan fingerprint density at radius 3 is 2.54 bits per heavy atom. The van der Waals surface area contributed by atoms with Gasteiger partial charge in [-0.1, -0.05) is 18.2 Å². The fraction of sp³-hybridized carbons (Fsp3) is 0.353. The number of anilines is 1. The highest BCUT2D eigenvalue weighted by molar-refractivity contribution is 8.00. The quantitative estimate of drug-likeness (QED) is 0.642. The zero-order valence-electron chi connectivity index (χ0n) is 14.2. The molecule has 0 aliphatic heterocycles. The van der Waals surface area contributed by atoms with Crippen molar-refractivity contribution in [3.8, 4) is 0 Å². The number of hydrogen-bond donors (Lipinski definition) is 1. The van der Waals surface area contributed by atoms with E-state index in [1.165, 1.54) is 11.8 Å². The molecular weight excluding hydrogens is 326 g/mol. The van der Waals surface area contributed by atoms with E-state index in [1.807, 2.05) is 44.2 Å². The summed E-state index contributed by atoms with van der Waals surface area (Å²) in [4.78, 5) is 25.0. The molecule has 0 aliphatic carbocycles. The van der Waals surface area contributed by atoms with E-state index < -0.39 is 5.97 Å². The third-order valence-corrected chi connectivity index (χ3v) is 4.60. The predicted molar refractivity (Wildman–Crippen MR) is 94.0 cm³/mol. The van der Waals surface area contributed by atoms with Gasteiger partial charge in [-0.2, -0.15) is 5.10 Å². The molecular formula is C17H21N3O3S. The number of hydrogen-bond acceptors (Lipinski definition) is 5. The summed E-state index contributed by atoms with van der Waals surface area (Å²) < 4.78 is 6.79. The molecule has 0 fully saturated rings. The predicted octanol–water partition coefficient (Wildman–Crippen LogP) is 2.70. The van der Waals surface area contributed by atoms with Crippen molar-refractivity contribution in [3.05, 3.63) is 41.7 Å². The van der Waals surface area contributed by atoms with Gasteiger partial charge in [0.05, 0.1) is 17.1 Å². The van der Waals surface area contributed by atoms with Crippen LogP contribution in [0, 0.1) is 13.8 Å². The summed E-state index contributed by atoms with van der Waals surface area (Å²) in [5.74, 6) is -0.793. The molecule has 128 valence electrons. The molecule has 1 atom stereocenters. The lowest BCUT2D eigenvalue weighted by Gasteiger charge is -2.11. The first-order valence-corrected chi connectivity index (χ1v) is 8.45. The van der Waals surface area contributed by atoms with Crippen LogP contribution < -0.4 is 5.32 Å². The van der Waals surface area contributed by atoms with Gasteiger partial charge in [-0.15, -0.1) is 11.8 Å². The maximum absolute atomic E-state index is 12.0. The SMILES string of the molecule is Cc1nn(C)c(C)c1NC(=O)COC(=O)[C@H](C)Sc1ccccc1. The van der Waals surface area contributed by atoms with E-state index in [1.54, 1.807) is 18.7 Å². The van der Waals surface area contributed by atoms with E-state index in [2.05, 4.69) is 10.4 Å². The van der Waals surface area contributed by atoms with Crippen LogP contribution in [0.15, 0.2) is 35.2 Å². The summed E-state index contributed by atoms with van der Waals surface area (Å²) >= 11 is 1.40. The van der Waals surface area contributed by atoms with Gasteiger partial charge in [-0.3, -0.25) is 14.3 Å². The summed E-state index contributed by atoms with van der Waals surface area (Å²) in [6.07, 6.45) is 0. The van der Waals surface area contributed by atoms with Crippen LogP contribution in [-0.2, 0) is 21.4 Å². The molecule has 0 radical (unpaired) electrons. The molecule has 1 aromatic carbocycles. The van der Waals surface area contributed by atoms with E-state index in [0.29, 0.717) is 5.69 Å². The zero-order valence-corrected chi connectivity index (χ0v) is 15.0. The number of carbonyl (C=O) groups is 2. The molecule has 2 aromatic rings. The van der Waals surface area contributed by atoms with Crippen LogP contribution in [0.2, 0.25) is 0 Å². The molecule has 0 unspecified atom stereocenters. The van der Waals surface area contributed by atoms with E-state index in [9.17, 15) is 9.59 Å². The van der Waals surface area contributed by atoms with Gasteiger partial charge >= 0.3 is 5.97 Å². The topological polar surface area (TPSA) is 73.2 Å². The number of nitrogens with one attached hydrogen (secondary N) is 1. The number of rotatable bonds is 6. The Kier molecular flexibility index (Phi) is 6.03. The minimum atomic E-state index is -0.418. The van der Waals surface area contributed by atoms with Crippen LogP contribution >= 0.6 is 11.8 Å². The molecule has 0 saturated heterocycles. The first kappa shape index (κ1) is 18.1. The average molecular weight is 347 g/mol. The summed E-state index contributed by atoms with van der Waals surface area (Å²) in [6, 6.07) is 9.59. The van der Waals surface area contributed by atoms with Crippen molar-refractivity contribution in [1.82, 2.24) is 9.78 Å². The van der Waals surface area contributed by atoms with E-state index in [0.717, 1.165) is 16.3 Å². The molecule has 6 nitrogen and oxygen atoms in total. The van der Waals surface area contributed by atoms with Crippen LogP contribution in [0.4, 0.5) is 5.69 Å². The van der Waals surface area contributed by atoms with Gasteiger partial charge in [0.25, 0.3) is 5.91 Å². The highest BCUT2D eigenvalue weighted by Crippen LogP contribution is 2.23. The maximum atomic E-state index is 12.0. The van der Waals surface area contributed by atoms with Crippen molar-refractivity contribution in [2.75, 3.05) is 11.9 Å². The Morgan fingerprint density at radius 2 is 1.96 bits per heavy atom. The summed E-state index contributed by atoms with van der Waals surface area (Å²) in [5, 5.41) is 6.57. The van der Waals surface area contributed by atoms with E-state index in [4.69, 9.17) is 4.74 Å². The standard InChI is InChI=1S/C17H21N3O3S/c1-11-16(12(2)20(4)19-11)18-15(21)10-23-17(22)13(3)24-14-8-6-5-7-9-14/h5-9,13H,10H2,1-4H3,(H,18,21)/t13-/m0/s1.